The maximum absolute atomic E-state index is 6.30. The zero-order valence-corrected chi connectivity index (χ0v) is 14.1. The number of aromatic nitrogens is 4. The van der Waals surface area contributed by atoms with Gasteiger partial charge in [0.15, 0.2) is 5.82 Å². The molecule has 1 fully saturated rings. The van der Waals surface area contributed by atoms with Gasteiger partial charge >= 0.3 is 0 Å². The molecule has 0 aliphatic carbocycles. The Balaban J connectivity index is 1.48. The molecule has 0 spiro atoms. The van der Waals surface area contributed by atoms with E-state index in [2.05, 4.69) is 31.0 Å². The predicted molar refractivity (Wildman–Crippen MR) is 94.3 cm³/mol. The summed E-state index contributed by atoms with van der Waals surface area (Å²) in [4.78, 5) is 9.28. The summed E-state index contributed by atoms with van der Waals surface area (Å²) in [5.41, 5.74) is 2.00. The fourth-order valence-electron chi connectivity index (χ4n) is 3.18. The Morgan fingerprint density at radius 1 is 1.08 bits per heavy atom. The van der Waals surface area contributed by atoms with E-state index in [0.717, 1.165) is 55.6 Å². The molecule has 1 aliphatic heterocycles. The Morgan fingerprint density at radius 3 is 2.92 bits per heavy atom. The van der Waals surface area contributed by atoms with E-state index in [1.165, 1.54) is 5.56 Å². The lowest BCUT2D eigenvalue weighted by Crippen LogP contribution is -2.31. The monoisotopic (exact) mass is 342 g/mol. The molecule has 0 saturated carbocycles. The van der Waals surface area contributed by atoms with Crippen LogP contribution in [-0.2, 0) is 6.54 Å². The van der Waals surface area contributed by atoms with E-state index in [-0.39, 0.29) is 0 Å². The van der Waals surface area contributed by atoms with Crippen LogP contribution in [-0.4, -0.2) is 50.7 Å². The van der Waals surface area contributed by atoms with Gasteiger partial charge < -0.3 is 4.90 Å². The molecule has 0 atom stereocenters. The molecule has 0 bridgehead atoms. The van der Waals surface area contributed by atoms with E-state index in [1.807, 2.05) is 28.8 Å². The van der Waals surface area contributed by atoms with E-state index < -0.39 is 0 Å². The van der Waals surface area contributed by atoms with Gasteiger partial charge in [0.2, 0.25) is 5.65 Å². The number of rotatable bonds is 3. The number of fused-ring (bicyclic) bond motifs is 1. The van der Waals surface area contributed by atoms with E-state index >= 15 is 0 Å². The third-order valence-electron chi connectivity index (χ3n) is 4.44. The van der Waals surface area contributed by atoms with Crippen molar-refractivity contribution in [1.82, 2.24) is 24.5 Å². The van der Waals surface area contributed by atoms with Crippen molar-refractivity contribution < 1.29 is 0 Å². The van der Waals surface area contributed by atoms with Crippen molar-refractivity contribution in [2.75, 3.05) is 31.1 Å². The highest BCUT2D eigenvalue weighted by Gasteiger charge is 2.19. The maximum Gasteiger partial charge on any atom is 0.203 e. The Kier molecular flexibility index (Phi) is 4.32. The van der Waals surface area contributed by atoms with Crippen LogP contribution in [0.3, 0.4) is 0 Å². The van der Waals surface area contributed by atoms with Gasteiger partial charge in [-0.15, -0.1) is 10.2 Å². The van der Waals surface area contributed by atoms with Crippen LogP contribution in [0.2, 0.25) is 5.02 Å². The van der Waals surface area contributed by atoms with Crippen LogP contribution in [0.1, 0.15) is 12.0 Å². The van der Waals surface area contributed by atoms with Gasteiger partial charge in [0.25, 0.3) is 0 Å². The van der Waals surface area contributed by atoms with E-state index in [0.29, 0.717) is 0 Å². The van der Waals surface area contributed by atoms with Gasteiger partial charge in [-0.05, 0) is 18.1 Å². The van der Waals surface area contributed by atoms with Crippen LogP contribution in [0.4, 0.5) is 5.82 Å². The summed E-state index contributed by atoms with van der Waals surface area (Å²) in [5.74, 6) is 0.912. The molecule has 2 aromatic heterocycles. The highest BCUT2D eigenvalue weighted by molar-refractivity contribution is 6.31. The second-order valence-corrected chi connectivity index (χ2v) is 6.43. The summed E-state index contributed by atoms with van der Waals surface area (Å²) < 4.78 is 1.91. The Labute approximate surface area is 145 Å². The average Bonchev–Trinajstić information content (AvgIpc) is 2.97. The van der Waals surface area contributed by atoms with Crippen molar-refractivity contribution in [3.63, 3.8) is 0 Å². The molecule has 6 nitrogen and oxygen atoms in total. The zero-order valence-electron chi connectivity index (χ0n) is 13.3. The fraction of sp³-hybridized carbons (Fsp3) is 0.353. The Morgan fingerprint density at radius 2 is 2.00 bits per heavy atom. The van der Waals surface area contributed by atoms with Gasteiger partial charge in [-0.3, -0.25) is 9.30 Å². The summed E-state index contributed by atoms with van der Waals surface area (Å²) in [7, 11) is 0. The van der Waals surface area contributed by atoms with Gasteiger partial charge in [0, 0.05) is 50.1 Å². The first-order chi connectivity index (χ1) is 11.8. The van der Waals surface area contributed by atoms with Gasteiger partial charge in [-0.1, -0.05) is 29.8 Å². The topological polar surface area (TPSA) is 49.6 Å². The molecule has 1 aliphatic rings. The molecule has 0 unspecified atom stereocenters. The largest absolute Gasteiger partial charge is 0.352 e. The zero-order chi connectivity index (χ0) is 16.4. The molecule has 1 saturated heterocycles. The summed E-state index contributed by atoms with van der Waals surface area (Å²) in [6.45, 7) is 4.80. The Bertz CT molecular complexity index is 833. The highest BCUT2D eigenvalue weighted by Crippen LogP contribution is 2.21. The lowest BCUT2D eigenvalue weighted by molar-refractivity contribution is 0.285. The molecule has 124 valence electrons. The molecule has 0 N–H and O–H groups in total. The lowest BCUT2D eigenvalue weighted by Gasteiger charge is -2.23. The molecular weight excluding hydrogens is 324 g/mol. The molecule has 3 aromatic rings. The minimum absolute atomic E-state index is 0.817. The number of halogens is 1. The van der Waals surface area contributed by atoms with E-state index in [9.17, 15) is 0 Å². The van der Waals surface area contributed by atoms with Crippen molar-refractivity contribution in [3.8, 4) is 0 Å². The second kappa shape index (κ2) is 6.75. The van der Waals surface area contributed by atoms with Crippen molar-refractivity contribution in [3.05, 3.63) is 53.6 Å². The number of nitrogens with zero attached hydrogens (tertiary/aromatic N) is 6. The van der Waals surface area contributed by atoms with E-state index in [1.54, 1.807) is 12.5 Å². The van der Waals surface area contributed by atoms with Crippen LogP contribution in [0.5, 0.6) is 0 Å². The van der Waals surface area contributed by atoms with Crippen LogP contribution in [0.15, 0.2) is 43.0 Å². The normalized spacial score (nSPS) is 16.5. The summed E-state index contributed by atoms with van der Waals surface area (Å²) in [6, 6.07) is 8.07. The number of hydrogen-bond acceptors (Lipinski definition) is 5. The highest BCUT2D eigenvalue weighted by atomic mass is 35.5. The van der Waals surface area contributed by atoms with Gasteiger partial charge in [-0.2, -0.15) is 0 Å². The van der Waals surface area contributed by atoms with Crippen molar-refractivity contribution in [2.24, 2.45) is 0 Å². The third kappa shape index (κ3) is 3.07. The first-order valence-electron chi connectivity index (χ1n) is 8.16. The molecule has 0 radical (unpaired) electrons. The minimum atomic E-state index is 0.817. The first-order valence-corrected chi connectivity index (χ1v) is 8.54. The molecule has 3 heterocycles. The Hall–Kier alpha value is -2.18. The maximum atomic E-state index is 6.30. The number of hydrogen-bond donors (Lipinski definition) is 0. The molecule has 4 rings (SSSR count). The second-order valence-electron chi connectivity index (χ2n) is 6.02. The first kappa shape index (κ1) is 15.4. The summed E-state index contributed by atoms with van der Waals surface area (Å²) >= 11 is 6.30. The summed E-state index contributed by atoms with van der Waals surface area (Å²) in [6.07, 6.45) is 6.47. The standard InChI is InChI=1S/C17H19ClN6/c18-15-5-2-1-4-14(15)12-22-7-3-8-23(11-10-22)16-17-21-20-13-24(17)9-6-19-16/h1-2,4-6,9,13H,3,7-8,10-12H2. The van der Waals surface area contributed by atoms with Crippen LogP contribution in [0, 0.1) is 0 Å². The fourth-order valence-corrected chi connectivity index (χ4v) is 3.37. The smallest absolute Gasteiger partial charge is 0.203 e. The average molecular weight is 343 g/mol. The quantitative estimate of drug-likeness (QED) is 0.732. The predicted octanol–water partition coefficient (Wildman–Crippen LogP) is 2.49. The lowest BCUT2D eigenvalue weighted by atomic mass is 10.2. The van der Waals surface area contributed by atoms with Crippen molar-refractivity contribution in [2.45, 2.75) is 13.0 Å². The molecule has 7 heteroatoms. The van der Waals surface area contributed by atoms with Crippen molar-refractivity contribution >= 4 is 23.1 Å². The van der Waals surface area contributed by atoms with Gasteiger partial charge in [-0.25, -0.2) is 4.98 Å². The SMILES string of the molecule is Clc1ccccc1CN1CCCN(c2nccn3cnnc23)CC1. The van der Waals surface area contributed by atoms with Crippen LogP contribution in [0.25, 0.3) is 5.65 Å². The number of benzene rings is 1. The minimum Gasteiger partial charge on any atom is -0.352 e. The summed E-state index contributed by atoms with van der Waals surface area (Å²) in [5, 5.41) is 9.02. The molecule has 24 heavy (non-hydrogen) atoms. The van der Waals surface area contributed by atoms with Crippen LogP contribution >= 0.6 is 11.6 Å². The van der Waals surface area contributed by atoms with Gasteiger partial charge in [0.1, 0.15) is 6.33 Å². The molecule has 0 amide bonds. The molecule has 1 aromatic carbocycles. The van der Waals surface area contributed by atoms with Crippen LogP contribution < -0.4 is 4.90 Å². The third-order valence-corrected chi connectivity index (χ3v) is 4.81. The molecular formula is C17H19ClN6. The van der Waals surface area contributed by atoms with Crippen molar-refractivity contribution in [1.29, 1.82) is 0 Å². The van der Waals surface area contributed by atoms with Gasteiger partial charge in [0.05, 0.1) is 0 Å². The van der Waals surface area contributed by atoms with E-state index in [4.69, 9.17) is 11.6 Å². The number of anilines is 1.